The first kappa shape index (κ1) is 20.4. The lowest BCUT2D eigenvalue weighted by Crippen LogP contribution is -2.29. The lowest BCUT2D eigenvalue weighted by molar-refractivity contribution is -0.113. The Hall–Kier alpha value is -1.84. The Morgan fingerprint density at radius 1 is 1.17 bits per heavy atom. The lowest BCUT2D eigenvalue weighted by Gasteiger charge is -2.28. The summed E-state index contributed by atoms with van der Waals surface area (Å²) in [6, 6.07) is 8.13. The molecule has 9 heteroatoms. The van der Waals surface area contributed by atoms with Crippen LogP contribution in [0.3, 0.4) is 0 Å². The number of benzene rings is 1. The summed E-state index contributed by atoms with van der Waals surface area (Å²) in [5, 5.41) is 15.3. The van der Waals surface area contributed by atoms with Crippen molar-refractivity contribution in [1.82, 2.24) is 10.2 Å². The van der Waals surface area contributed by atoms with Gasteiger partial charge in [0.2, 0.25) is 11.0 Å². The van der Waals surface area contributed by atoms with E-state index in [1.54, 1.807) is 0 Å². The van der Waals surface area contributed by atoms with E-state index >= 15 is 0 Å². The third-order valence-corrected chi connectivity index (χ3v) is 7.12. The molecule has 0 aliphatic carbocycles. The molecule has 1 aromatic carbocycles. The zero-order valence-electron chi connectivity index (χ0n) is 16.4. The second-order valence-corrected chi connectivity index (χ2v) is 9.52. The summed E-state index contributed by atoms with van der Waals surface area (Å²) >= 11 is 2.88. The Morgan fingerprint density at radius 2 is 2.00 bits per heavy atom. The van der Waals surface area contributed by atoms with E-state index in [-0.39, 0.29) is 12.0 Å². The summed E-state index contributed by atoms with van der Waals surface area (Å²) in [5.41, 5.74) is 2.06. The normalized spacial score (nSPS) is 19.3. The molecule has 0 radical (unpaired) electrons. The molecule has 156 valence electrons. The second kappa shape index (κ2) is 10.3. The van der Waals surface area contributed by atoms with E-state index in [1.165, 1.54) is 48.0 Å². The highest BCUT2D eigenvalue weighted by atomic mass is 32.2. The summed E-state index contributed by atoms with van der Waals surface area (Å²) in [4.78, 5) is 14.7. The number of rotatable bonds is 8. The van der Waals surface area contributed by atoms with Crippen molar-refractivity contribution < 1.29 is 9.53 Å². The first-order valence-corrected chi connectivity index (χ1v) is 12.0. The molecule has 1 aromatic heterocycles. The number of nitrogens with zero attached hydrogens (tertiary/aromatic N) is 3. The number of anilines is 3. The van der Waals surface area contributed by atoms with Gasteiger partial charge in [0.05, 0.1) is 11.9 Å². The molecule has 7 nitrogen and oxygen atoms in total. The van der Waals surface area contributed by atoms with Crippen LogP contribution in [0.15, 0.2) is 28.6 Å². The Labute approximate surface area is 179 Å². The maximum absolute atomic E-state index is 12.3. The number of hydrogen-bond donors (Lipinski definition) is 2. The molecule has 2 aliphatic heterocycles. The average Bonchev–Trinajstić information content (AvgIpc) is 3.44. The lowest BCUT2D eigenvalue weighted by atomic mass is 10.1. The molecule has 29 heavy (non-hydrogen) atoms. The fourth-order valence-electron chi connectivity index (χ4n) is 3.58. The Kier molecular flexibility index (Phi) is 7.23. The molecule has 0 saturated carbocycles. The third-order valence-electron chi connectivity index (χ3n) is 5.11. The fraction of sp³-hybridized carbons (Fsp3) is 0.550. The molecule has 1 unspecified atom stereocenters. The van der Waals surface area contributed by atoms with Crippen LogP contribution in [0, 0.1) is 0 Å². The van der Waals surface area contributed by atoms with E-state index in [0.29, 0.717) is 5.75 Å². The summed E-state index contributed by atoms with van der Waals surface area (Å²) in [6.45, 7) is 3.84. The van der Waals surface area contributed by atoms with Crippen molar-refractivity contribution in [3.05, 3.63) is 24.3 Å². The topological polar surface area (TPSA) is 79.4 Å². The minimum atomic E-state index is -0.0372. The number of carbonyl (C=O) groups is 1. The summed E-state index contributed by atoms with van der Waals surface area (Å²) in [7, 11) is 0. The van der Waals surface area contributed by atoms with Crippen molar-refractivity contribution >= 4 is 45.5 Å². The molecule has 0 bridgehead atoms. The van der Waals surface area contributed by atoms with Gasteiger partial charge in [0.25, 0.3) is 0 Å². The van der Waals surface area contributed by atoms with Crippen LogP contribution in [-0.2, 0) is 9.53 Å². The van der Waals surface area contributed by atoms with Gasteiger partial charge in [0, 0.05) is 37.6 Å². The van der Waals surface area contributed by atoms with E-state index in [4.69, 9.17) is 4.74 Å². The Balaban J connectivity index is 1.19. The summed E-state index contributed by atoms with van der Waals surface area (Å²) in [5.74, 6) is 0.277. The minimum Gasteiger partial charge on any atom is -0.376 e. The number of piperidine rings is 1. The van der Waals surface area contributed by atoms with Crippen molar-refractivity contribution in [2.45, 2.75) is 42.5 Å². The van der Waals surface area contributed by atoms with Gasteiger partial charge in [-0.05, 0) is 56.4 Å². The summed E-state index contributed by atoms with van der Waals surface area (Å²) in [6.07, 6.45) is 6.32. The highest BCUT2D eigenvalue weighted by Crippen LogP contribution is 2.26. The van der Waals surface area contributed by atoms with Gasteiger partial charge < -0.3 is 20.3 Å². The smallest absolute Gasteiger partial charge is 0.234 e. The van der Waals surface area contributed by atoms with Crippen molar-refractivity contribution in [1.29, 1.82) is 0 Å². The predicted molar refractivity (Wildman–Crippen MR) is 119 cm³/mol. The van der Waals surface area contributed by atoms with Crippen molar-refractivity contribution in [3.8, 4) is 0 Å². The van der Waals surface area contributed by atoms with Gasteiger partial charge in [0.1, 0.15) is 0 Å². The first-order valence-electron chi connectivity index (χ1n) is 10.2. The Morgan fingerprint density at radius 3 is 2.76 bits per heavy atom. The van der Waals surface area contributed by atoms with Crippen LogP contribution >= 0.6 is 23.1 Å². The number of hydrogen-bond acceptors (Lipinski definition) is 8. The molecule has 2 saturated heterocycles. The molecular formula is C20H27N5O2S2. The van der Waals surface area contributed by atoms with Gasteiger partial charge in [-0.3, -0.25) is 4.79 Å². The molecule has 4 rings (SSSR count). The van der Waals surface area contributed by atoms with Gasteiger partial charge in [-0.25, -0.2) is 0 Å². The van der Waals surface area contributed by atoms with Crippen LogP contribution in [0.25, 0.3) is 0 Å². The van der Waals surface area contributed by atoms with Crippen molar-refractivity contribution in [2.75, 3.05) is 47.5 Å². The molecule has 1 amide bonds. The highest BCUT2D eigenvalue weighted by molar-refractivity contribution is 8.01. The SMILES string of the molecule is O=C(CSc1nnc(NCC2CCCO2)s1)Nc1ccc(N2CCCCC2)cc1. The van der Waals surface area contributed by atoms with Gasteiger partial charge in [-0.2, -0.15) is 0 Å². The fourth-order valence-corrected chi connectivity index (χ4v) is 5.14. The molecule has 2 aliphatic rings. The number of aromatic nitrogens is 2. The zero-order valence-corrected chi connectivity index (χ0v) is 18.1. The predicted octanol–water partition coefficient (Wildman–Crippen LogP) is 3.85. The van der Waals surface area contributed by atoms with Crippen LogP contribution in [0.1, 0.15) is 32.1 Å². The number of ether oxygens (including phenoxy) is 1. The molecular weight excluding hydrogens is 406 g/mol. The van der Waals surface area contributed by atoms with Crippen LogP contribution in [0.5, 0.6) is 0 Å². The van der Waals surface area contributed by atoms with Crippen LogP contribution < -0.4 is 15.5 Å². The molecule has 2 N–H and O–H groups in total. The molecule has 2 aromatic rings. The molecule has 1 atom stereocenters. The first-order chi connectivity index (χ1) is 14.3. The zero-order chi connectivity index (χ0) is 19.9. The Bertz CT molecular complexity index is 786. The van der Waals surface area contributed by atoms with E-state index in [1.807, 2.05) is 12.1 Å². The quantitative estimate of drug-likeness (QED) is 0.612. The van der Waals surface area contributed by atoms with Gasteiger partial charge in [-0.15, -0.1) is 10.2 Å². The van der Waals surface area contributed by atoms with E-state index < -0.39 is 0 Å². The van der Waals surface area contributed by atoms with Crippen LogP contribution in [0.4, 0.5) is 16.5 Å². The average molecular weight is 434 g/mol. The number of carbonyl (C=O) groups excluding carboxylic acids is 1. The maximum Gasteiger partial charge on any atom is 0.234 e. The molecule has 2 fully saturated rings. The van der Waals surface area contributed by atoms with Crippen molar-refractivity contribution in [3.63, 3.8) is 0 Å². The van der Waals surface area contributed by atoms with Gasteiger partial charge in [0.15, 0.2) is 4.34 Å². The number of thioether (sulfide) groups is 1. The molecule has 3 heterocycles. The second-order valence-electron chi connectivity index (χ2n) is 7.32. The maximum atomic E-state index is 12.3. The van der Waals surface area contributed by atoms with E-state index in [0.717, 1.165) is 54.2 Å². The highest BCUT2D eigenvalue weighted by Gasteiger charge is 2.16. The van der Waals surface area contributed by atoms with Crippen LogP contribution in [-0.4, -0.2) is 54.2 Å². The largest absolute Gasteiger partial charge is 0.376 e. The number of nitrogens with one attached hydrogen (secondary N) is 2. The van der Waals surface area contributed by atoms with E-state index in [2.05, 4.69) is 37.9 Å². The van der Waals surface area contributed by atoms with Crippen molar-refractivity contribution in [2.24, 2.45) is 0 Å². The van der Waals surface area contributed by atoms with Gasteiger partial charge in [-0.1, -0.05) is 23.1 Å². The number of amides is 1. The standard InChI is InChI=1S/C20H27N5O2S2/c26-18(22-15-6-8-16(9-7-15)25-10-2-1-3-11-25)14-28-20-24-23-19(29-20)21-13-17-5-4-12-27-17/h6-9,17H,1-5,10-14H2,(H,21,23)(H,22,26). The van der Waals surface area contributed by atoms with Crippen LogP contribution in [0.2, 0.25) is 0 Å². The van der Waals surface area contributed by atoms with Gasteiger partial charge >= 0.3 is 0 Å². The monoisotopic (exact) mass is 433 g/mol. The third kappa shape index (κ3) is 6.07. The summed E-state index contributed by atoms with van der Waals surface area (Å²) < 4.78 is 6.38. The minimum absolute atomic E-state index is 0.0372. The van der Waals surface area contributed by atoms with E-state index in [9.17, 15) is 4.79 Å². The molecule has 0 spiro atoms.